The Bertz CT molecular complexity index is 347. The minimum absolute atomic E-state index is 0.262. The summed E-state index contributed by atoms with van der Waals surface area (Å²) < 4.78 is 0. The summed E-state index contributed by atoms with van der Waals surface area (Å²) >= 11 is 0. The van der Waals surface area contributed by atoms with Crippen molar-refractivity contribution >= 4 is 5.78 Å². The van der Waals surface area contributed by atoms with Crippen LogP contribution < -0.4 is 0 Å². The van der Waals surface area contributed by atoms with Gasteiger partial charge in [-0.3, -0.25) is 4.79 Å². The van der Waals surface area contributed by atoms with Gasteiger partial charge in [-0.15, -0.1) is 0 Å². The number of ketones is 1. The van der Waals surface area contributed by atoms with Crippen LogP contribution >= 0.6 is 0 Å². The quantitative estimate of drug-likeness (QED) is 0.530. The molecule has 0 saturated carbocycles. The van der Waals surface area contributed by atoms with Gasteiger partial charge in [0.15, 0.2) is 5.78 Å². The van der Waals surface area contributed by atoms with Crippen LogP contribution in [0.1, 0.15) is 72.6 Å². The molecule has 1 aliphatic carbocycles. The molecule has 1 atom stereocenters. The van der Waals surface area contributed by atoms with Crippen molar-refractivity contribution in [1.29, 1.82) is 0 Å². The van der Waals surface area contributed by atoms with Crippen molar-refractivity contribution in [2.45, 2.75) is 72.6 Å². The first kappa shape index (κ1) is 16.2. The van der Waals surface area contributed by atoms with Crippen LogP contribution in [0.2, 0.25) is 0 Å². The number of allylic oxidation sites excluding steroid dienone is 4. The van der Waals surface area contributed by atoms with Crippen molar-refractivity contribution in [1.82, 2.24) is 0 Å². The van der Waals surface area contributed by atoms with Gasteiger partial charge in [-0.05, 0) is 42.7 Å². The largest absolute Gasteiger partial charge is 0.295 e. The van der Waals surface area contributed by atoms with Gasteiger partial charge in [-0.25, -0.2) is 0 Å². The van der Waals surface area contributed by atoms with E-state index in [2.05, 4.69) is 26.8 Å². The Morgan fingerprint density at radius 3 is 2.63 bits per heavy atom. The van der Waals surface area contributed by atoms with Gasteiger partial charge >= 0.3 is 0 Å². The van der Waals surface area contributed by atoms with E-state index < -0.39 is 0 Å². The summed E-state index contributed by atoms with van der Waals surface area (Å²) in [6.07, 6.45) is 12.2. The van der Waals surface area contributed by atoms with Crippen LogP contribution in [0.4, 0.5) is 0 Å². The Labute approximate surface area is 119 Å². The monoisotopic (exact) mass is 262 g/mol. The van der Waals surface area contributed by atoms with Gasteiger partial charge in [0, 0.05) is 6.42 Å². The molecule has 1 unspecified atom stereocenters. The summed E-state index contributed by atoms with van der Waals surface area (Å²) in [6, 6.07) is 0. The van der Waals surface area contributed by atoms with Crippen molar-refractivity contribution in [3.05, 3.63) is 23.3 Å². The van der Waals surface area contributed by atoms with Crippen molar-refractivity contribution in [3.63, 3.8) is 0 Å². The van der Waals surface area contributed by atoms with Crippen molar-refractivity contribution in [3.8, 4) is 0 Å². The third-order valence-electron chi connectivity index (χ3n) is 3.91. The van der Waals surface area contributed by atoms with Crippen molar-refractivity contribution < 1.29 is 4.79 Å². The lowest BCUT2D eigenvalue weighted by molar-refractivity contribution is -0.114. The number of hydrogen-bond acceptors (Lipinski definition) is 1. The molecule has 0 bridgehead atoms. The molecule has 1 aliphatic rings. The van der Waals surface area contributed by atoms with Gasteiger partial charge in [-0.2, -0.15) is 0 Å². The summed E-state index contributed by atoms with van der Waals surface area (Å²) in [4.78, 5) is 11.4. The Morgan fingerprint density at radius 2 is 2.00 bits per heavy atom. The molecule has 19 heavy (non-hydrogen) atoms. The zero-order valence-corrected chi connectivity index (χ0v) is 13.2. The smallest absolute Gasteiger partial charge is 0.155 e. The van der Waals surface area contributed by atoms with Crippen LogP contribution in [0.15, 0.2) is 23.3 Å². The molecule has 0 fully saturated rings. The second-order valence-corrected chi connectivity index (χ2v) is 6.48. The average molecular weight is 262 g/mol. The third-order valence-corrected chi connectivity index (χ3v) is 3.91. The molecule has 108 valence electrons. The SMILES string of the molecule is CCC(=O)/C=C1/C=C(CC(C)CCCC(C)C)CC1. The van der Waals surface area contributed by atoms with Crippen molar-refractivity contribution in [2.24, 2.45) is 11.8 Å². The predicted octanol–water partition coefficient (Wildman–Crippen LogP) is 5.46. The molecule has 0 radical (unpaired) electrons. The van der Waals surface area contributed by atoms with Gasteiger partial charge in [0.05, 0.1) is 0 Å². The van der Waals surface area contributed by atoms with Gasteiger partial charge in [0.1, 0.15) is 0 Å². The molecule has 0 saturated heterocycles. The Morgan fingerprint density at radius 1 is 1.26 bits per heavy atom. The Kier molecular flexibility index (Phi) is 7.12. The minimum atomic E-state index is 0.262. The minimum Gasteiger partial charge on any atom is -0.295 e. The highest BCUT2D eigenvalue weighted by atomic mass is 16.1. The Balaban J connectivity index is 2.35. The van der Waals surface area contributed by atoms with Gasteiger partial charge < -0.3 is 0 Å². The standard InChI is InChI=1S/C18H30O/c1-5-18(19)13-17-10-9-16(12-17)11-15(4)8-6-7-14(2)3/h12-15H,5-11H2,1-4H3/b17-13+. The number of carbonyl (C=O) groups is 1. The van der Waals surface area contributed by atoms with E-state index in [1.54, 1.807) is 5.57 Å². The molecular formula is C18H30O. The van der Waals surface area contributed by atoms with Crippen LogP contribution in [-0.4, -0.2) is 5.78 Å². The van der Waals surface area contributed by atoms with E-state index in [0.717, 1.165) is 24.7 Å². The van der Waals surface area contributed by atoms with E-state index in [9.17, 15) is 4.79 Å². The molecule has 0 aliphatic heterocycles. The molecule has 0 amide bonds. The predicted molar refractivity (Wildman–Crippen MR) is 83.2 cm³/mol. The molecule has 1 rings (SSSR count). The fraction of sp³-hybridized carbons (Fsp3) is 0.722. The summed E-state index contributed by atoms with van der Waals surface area (Å²) in [5.74, 6) is 1.87. The molecule has 0 aromatic heterocycles. The van der Waals surface area contributed by atoms with E-state index >= 15 is 0 Å². The van der Waals surface area contributed by atoms with E-state index in [1.807, 2.05) is 13.0 Å². The highest BCUT2D eigenvalue weighted by Gasteiger charge is 2.13. The summed E-state index contributed by atoms with van der Waals surface area (Å²) in [7, 11) is 0. The summed E-state index contributed by atoms with van der Waals surface area (Å²) in [5, 5.41) is 0. The lowest BCUT2D eigenvalue weighted by atomic mass is 9.94. The van der Waals surface area contributed by atoms with Gasteiger partial charge in [0.2, 0.25) is 0 Å². The summed E-state index contributed by atoms with van der Waals surface area (Å²) in [5.41, 5.74) is 2.79. The van der Waals surface area contributed by atoms with E-state index in [4.69, 9.17) is 0 Å². The molecule has 0 heterocycles. The maximum atomic E-state index is 11.4. The average Bonchev–Trinajstić information content (AvgIpc) is 2.75. The topological polar surface area (TPSA) is 17.1 Å². The van der Waals surface area contributed by atoms with Crippen LogP contribution in [0, 0.1) is 11.8 Å². The number of carbonyl (C=O) groups excluding carboxylic acids is 1. The first-order valence-electron chi connectivity index (χ1n) is 7.94. The molecule has 0 spiro atoms. The first-order chi connectivity index (χ1) is 9.01. The third kappa shape index (κ3) is 6.75. The van der Waals surface area contributed by atoms with E-state index in [-0.39, 0.29) is 5.78 Å². The second kappa shape index (κ2) is 8.35. The lowest BCUT2D eigenvalue weighted by Gasteiger charge is -2.12. The maximum Gasteiger partial charge on any atom is 0.155 e. The van der Waals surface area contributed by atoms with Gasteiger partial charge in [0.25, 0.3) is 0 Å². The first-order valence-corrected chi connectivity index (χ1v) is 7.94. The normalized spacial score (nSPS) is 19.0. The molecule has 0 aromatic carbocycles. The van der Waals surface area contributed by atoms with Crippen molar-refractivity contribution in [2.75, 3.05) is 0 Å². The highest BCUT2D eigenvalue weighted by Crippen LogP contribution is 2.30. The molecule has 1 heteroatoms. The lowest BCUT2D eigenvalue weighted by Crippen LogP contribution is -1.97. The summed E-state index contributed by atoms with van der Waals surface area (Å²) in [6.45, 7) is 8.88. The molecular weight excluding hydrogens is 232 g/mol. The molecule has 1 nitrogen and oxygen atoms in total. The van der Waals surface area contributed by atoms with Crippen LogP contribution in [0.3, 0.4) is 0 Å². The highest BCUT2D eigenvalue weighted by molar-refractivity contribution is 5.90. The van der Waals surface area contributed by atoms with Crippen LogP contribution in [0.25, 0.3) is 0 Å². The fourth-order valence-corrected chi connectivity index (χ4v) is 2.72. The number of hydrogen-bond donors (Lipinski definition) is 0. The molecule has 0 N–H and O–H groups in total. The van der Waals surface area contributed by atoms with Crippen LogP contribution in [-0.2, 0) is 4.79 Å². The zero-order chi connectivity index (χ0) is 14.3. The van der Waals surface area contributed by atoms with E-state index in [1.165, 1.54) is 31.3 Å². The van der Waals surface area contributed by atoms with Crippen LogP contribution in [0.5, 0.6) is 0 Å². The van der Waals surface area contributed by atoms with Gasteiger partial charge in [-0.1, -0.05) is 58.6 Å². The Hall–Kier alpha value is -0.850. The van der Waals surface area contributed by atoms with E-state index in [0.29, 0.717) is 6.42 Å². The number of rotatable bonds is 8. The second-order valence-electron chi connectivity index (χ2n) is 6.48. The molecule has 0 aromatic rings. The fourth-order valence-electron chi connectivity index (χ4n) is 2.72. The maximum absolute atomic E-state index is 11.4. The zero-order valence-electron chi connectivity index (χ0n) is 13.2.